The Balaban J connectivity index is 1.77. The second-order valence-electron chi connectivity index (χ2n) is 23.1. The van der Waals surface area contributed by atoms with E-state index < -0.39 is 44.3 Å². The Labute approximate surface area is 338 Å². The molecule has 0 radical (unpaired) electrons. The molecule has 15 heteroatoms. The standard InChI is InChI=1S/C41H79N11O4/c1-34(2)19-27(20-35(3,4)49(34)53)47(28-21-36(5,6)50(54)37(7,8)22-28)32-42-31(45-46(17)18)43-33(44-32)48(29-23-38(9,10)51(55)39(11,12)24-29)30-25-40(13,14)52(56)41(15,16)26-30/h27-30,53-56H,19-26H2,1-18H3,(H,42,43,44,45). The maximum atomic E-state index is 11.5. The molecule has 0 atom stereocenters. The molecule has 0 spiro atoms. The Hall–Kier alpha value is -1.95. The summed E-state index contributed by atoms with van der Waals surface area (Å²) in [7, 11) is 3.85. The molecule has 0 bridgehead atoms. The summed E-state index contributed by atoms with van der Waals surface area (Å²) in [6.07, 6.45) is 5.36. The average Bonchev–Trinajstić information content (AvgIpc) is 2.99. The second kappa shape index (κ2) is 14.4. The van der Waals surface area contributed by atoms with E-state index in [-0.39, 0.29) is 24.2 Å². The smallest absolute Gasteiger partial charge is 0.244 e. The number of anilines is 3. The van der Waals surface area contributed by atoms with Crippen LogP contribution >= 0.6 is 0 Å². The van der Waals surface area contributed by atoms with E-state index in [1.54, 1.807) is 0 Å². The van der Waals surface area contributed by atoms with Gasteiger partial charge in [0.15, 0.2) is 0 Å². The van der Waals surface area contributed by atoms with Crippen LogP contribution in [-0.4, -0.2) is 144 Å². The van der Waals surface area contributed by atoms with Crippen molar-refractivity contribution in [3.63, 3.8) is 0 Å². The summed E-state index contributed by atoms with van der Waals surface area (Å²) in [5.41, 5.74) is -0.905. The molecule has 56 heavy (non-hydrogen) atoms. The van der Waals surface area contributed by atoms with Gasteiger partial charge in [-0.3, -0.25) is 5.43 Å². The SMILES string of the molecule is CN(C)Nc1nc(N(C2CC(C)(C)N(O)C(C)(C)C2)C2CC(C)(C)N(O)C(C)(C)C2)nc(N(C2CC(C)(C)N(O)C(C)(C)C2)C2CC(C)(C)N(O)C(C)(C)C2)n1. The number of nitrogens with one attached hydrogen (secondary N) is 1. The predicted molar refractivity (Wildman–Crippen MR) is 221 cm³/mol. The Morgan fingerprint density at radius 1 is 0.411 bits per heavy atom. The van der Waals surface area contributed by atoms with Crippen LogP contribution in [0.4, 0.5) is 17.8 Å². The molecule has 5 N–H and O–H groups in total. The van der Waals surface area contributed by atoms with Crippen LogP contribution in [0.3, 0.4) is 0 Å². The van der Waals surface area contributed by atoms with Crippen molar-refractivity contribution >= 4 is 17.8 Å². The lowest BCUT2D eigenvalue weighted by Crippen LogP contribution is -2.68. The number of rotatable bonds is 8. The maximum Gasteiger partial charge on any atom is 0.244 e. The van der Waals surface area contributed by atoms with Crippen molar-refractivity contribution in [1.29, 1.82) is 0 Å². The molecule has 0 aromatic carbocycles. The van der Waals surface area contributed by atoms with E-state index in [0.717, 1.165) is 0 Å². The summed E-state index contributed by atoms with van der Waals surface area (Å²) in [6, 6.07) is -0.196. The summed E-state index contributed by atoms with van der Waals surface area (Å²) < 4.78 is 0. The van der Waals surface area contributed by atoms with Crippen molar-refractivity contribution in [2.75, 3.05) is 29.3 Å². The lowest BCUT2D eigenvalue weighted by Gasteiger charge is -2.59. The maximum absolute atomic E-state index is 11.5. The van der Waals surface area contributed by atoms with Crippen LogP contribution in [-0.2, 0) is 0 Å². The van der Waals surface area contributed by atoms with Crippen molar-refractivity contribution in [3.8, 4) is 0 Å². The molecule has 5 rings (SSSR count). The number of piperidine rings is 4. The molecule has 4 aliphatic rings. The van der Waals surface area contributed by atoms with Crippen molar-refractivity contribution in [3.05, 3.63) is 0 Å². The van der Waals surface area contributed by atoms with Gasteiger partial charge in [0.2, 0.25) is 17.8 Å². The van der Waals surface area contributed by atoms with E-state index >= 15 is 0 Å². The minimum absolute atomic E-state index is 0.0489. The lowest BCUT2D eigenvalue weighted by molar-refractivity contribution is -0.251. The number of hydroxylamine groups is 8. The fourth-order valence-electron chi connectivity index (χ4n) is 11.7. The molecule has 15 nitrogen and oxygen atoms in total. The van der Waals surface area contributed by atoms with E-state index in [2.05, 4.69) is 126 Å². The summed E-state index contributed by atoms with van der Waals surface area (Å²) in [5, 5.41) is 53.8. The van der Waals surface area contributed by atoms with E-state index in [4.69, 9.17) is 15.0 Å². The van der Waals surface area contributed by atoms with Crippen LogP contribution < -0.4 is 15.2 Å². The third-order valence-electron chi connectivity index (χ3n) is 13.4. The monoisotopic (exact) mass is 790 g/mol. The van der Waals surface area contributed by atoms with Crippen LogP contribution in [0.2, 0.25) is 0 Å². The van der Waals surface area contributed by atoms with E-state index in [1.807, 2.05) is 19.1 Å². The third-order valence-corrected chi connectivity index (χ3v) is 13.4. The number of nitrogens with zero attached hydrogens (tertiary/aromatic N) is 10. The van der Waals surface area contributed by atoms with Crippen LogP contribution in [0, 0.1) is 0 Å². The Morgan fingerprint density at radius 2 is 0.607 bits per heavy atom. The predicted octanol–water partition coefficient (Wildman–Crippen LogP) is 7.02. The van der Waals surface area contributed by atoms with Crippen LogP contribution in [0.25, 0.3) is 0 Å². The molecule has 1 aromatic heterocycles. The van der Waals surface area contributed by atoms with Gasteiger partial charge in [-0.25, -0.2) is 5.01 Å². The molecule has 0 aliphatic carbocycles. The fraction of sp³-hybridized carbons (Fsp3) is 0.927. The molecule has 4 aliphatic heterocycles. The second-order valence-corrected chi connectivity index (χ2v) is 23.1. The fourth-order valence-corrected chi connectivity index (χ4v) is 11.7. The highest BCUT2D eigenvalue weighted by Gasteiger charge is 2.55. The number of hydrogen-bond donors (Lipinski definition) is 5. The van der Waals surface area contributed by atoms with Crippen molar-refractivity contribution in [2.24, 2.45) is 0 Å². The summed E-state index contributed by atoms with van der Waals surface area (Å²) in [5.74, 6) is 1.55. The molecule has 4 saturated heterocycles. The van der Waals surface area contributed by atoms with Gasteiger partial charge < -0.3 is 30.6 Å². The molecule has 1 aromatic rings. The summed E-state index contributed by atoms with van der Waals surface area (Å²) in [4.78, 5) is 20.9. The van der Waals surface area contributed by atoms with Gasteiger partial charge in [-0.05, 0) is 162 Å². The molecular weight excluding hydrogens is 711 g/mol. The van der Waals surface area contributed by atoms with Gasteiger partial charge in [-0.2, -0.15) is 35.2 Å². The summed E-state index contributed by atoms with van der Waals surface area (Å²) >= 11 is 0. The molecular formula is C41H79N11O4. The van der Waals surface area contributed by atoms with Gasteiger partial charge in [-0.1, -0.05) is 0 Å². The first kappa shape index (κ1) is 45.1. The van der Waals surface area contributed by atoms with Gasteiger partial charge >= 0.3 is 0 Å². The molecule has 4 fully saturated rings. The minimum atomic E-state index is -0.537. The lowest BCUT2D eigenvalue weighted by atomic mass is 9.74. The third kappa shape index (κ3) is 8.54. The Kier molecular flexibility index (Phi) is 11.6. The van der Waals surface area contributed by atoms with Crippen molar-refractivity contribution < 1.29 is 20.8 Å². The quantitative estimate of drug-likeness (QED) is 0.171. The number of aromatic nitrogens is 3. The van der Waals surface area contributed by atoms with Crippen LogP contribution in [0.15, 0.2) is 0 Å². The van der Waals surface area contributed by atoms with Crippen molar-refractivity contribution in [2.45, 2.75) is 231 Å². The van der Waals surface area contributed by atoms with Crippen LogP contribution in [0.5, 0.6) is 0 Å². The first-order valence-corrected chi connectivity index (χ1v) is 20.9. The topological polar surface area (TPSA) is 154 Å². The minimum Gasteiger partial charge on any atom is -0.334 e. The molecule has 0 saturated carbocycles. The first-order chi connectivity index (χ1) is 25.1. The zero-order valence-electron chi connectivity index (χ0n) is 38.2. The zero-order valence-corrected chi connectivity index (χ0v) is 38.2. The first-order valence-electron chi connectivity index (χ1n) is 20.9. The Bertz CT molecular complexity index is 1320. The number of hydrazine groups is 1. The average molecular weight is 790 g/mol. The van der Waals surface area contributed by atoms with Crippen LogP contribution in [0.1, 0.15) is 162 Å². The number of hydrogen-bond acceptors (Lipinski definition) is 15. The largest absolute Gasteiger partial charge is 0.334 e. The molecule has 0 amide bonds. The highest BCUT2D eigenvalue weighted by molar-refractivity contribution is 5.49. The van der Waals surface area contributed by atoms with Gasteiger partial charge in [-0.15, -0.1) is 0 Å². The molecule has 5 heterocycles. The normalized spacial score (nSPS) is 28.7. The Morgan fingerprint density at radius 3 is 0.786 bits per heavy atom. The summed E-state index contributed by atoms with van der Waals surface area (Å²) in [6.45, 7) is 33.5. The zero-order chi connectivity index (χ0) is 42.6. The van der Waals surface area contributed by atoms with Gasteiger partial charge in [0.1, 0.15) is 0 Å². The molecule has 0 unspecified atom stereocenters. The van der Waals surface area contributed by atoms with E-state index in [1.165, 1.54) is 20.3 Å². The van der Waals surface area contributed by atoms with E-state index in [9.17, 15) is 20.8 Å². The highest BCUT2D eigenvalue weighted by atomic mass is 16.5. The van der Waals surface area contributed by atoms with E-state index in [0.29, 0.717) is 69.2 Å². The van der Waals surface area contributed by atoms with Gasteiger partial charge in [0.25, 0.3) is 0 Å². The van der Waals surface area contributed by atoms with Gasteiger partial charge in [0, 0.05) is 82.6 Å². The molecule has 322 valence electrons. The van der Waals surface area contributed by atoms with Gasteiger partial charge in [0.05, 0.1) is 0 Å². The highest BCUT2D eigenvalue weighted by Crippen LogP contribution is 2.48. The van der Waals surface area contributed by atoms with Crippen molar-refractivity contribution in [1.82, 2.24) is 40.2 Å².